The number of rotatable bonds is 4. The maximum absolute atomic E-state index is 12.5. The largest absolute Gasteiger partial charge is 0.341 e. The van der Waals surface area contributed by atoms with Crippen molar-refractivity contribution >= 4 is 5.91 Å². The second kappa shape index (κ2) is 7.18. The first-order chi connectivity index (χ1) is 11.3. The van der Waals surface area contributed by atoms with Crippen LogP contribution < -0.4 is 5.56 Å². The lowest BCUT2D eigenvalue weighted by Gasteiger charge is -2.22. The van der Waals surface area contributed by atoms with Gasteiger partial charge in [0.2, 0.25) is 5.91 Å². The van der Waals surface area contributed by atoms with E-state index in [9.17, 15) is 9.59 Å². The Morgan fingerprint density at radius 3 is 2.58 bits per heavy atom. The molecule has 1 aliphatic rings. The van der Waals surface area contributed by atoms with Crippen LogP contribution in [-0.4, -0.2) is 53.9 Å². The summed E-state index contributed by atoms with van der Waals surface area (Å²) in [5, 5.41) is 9.13. The molecule has 1 N–H and O–H groups in total. The number of pyridine rings is 1. The molecule has 0 aliphatic carbocycles. The molecule has 2 rings (SSSR count). The highest BCUT2D eigenvalue weighted by atomic mass is 16.2. The van der Waals surface area contributed by atoms with Crippen molar-refractivity contribution in [2.24, 2.45) is 5.92 Å². The maximum Gasteiger partial charge on any atom is 0.266 e. The summed E-state index contributed by atoms with van der Waals surface area (Å²) in [5.41, 5.74) is 2.11. The van der Waals surface area contributed by atoms with Crippen LogP contribution in [0, 0.1) is 31.1 Å². The number of aromatic amines is 1. The zero-order chi connectivity index (χ0) is 18.0. The van der Waals surface area contributed by atoms with E-state index in [4.69, 9.17) is 5.26 Å². The molecule has 0 spiro atoms. The van der Waals surface area contributed by atoms with Gasteiger partial charge in [-0.25, -0.2) is 0 Å². The predicted molar refractivity (Wildman–Crippen MR) is 92.8 cm³/mol. The van der Waals surface area contributed by atoms with Crippen LogP contribution in [0.1, 0.15) is 35.7 Å². The van der Waals surface area contributed by atoms with Crippen LogP contribution in [-0.2, 0) is 11.2 Å². The Morgan fingerprint density at radius 1 is 1.38 bits per heavy atom. The van der Waals surface area contributed by atoms with Gasteiger partial charge in [-0.15, -0.1) is 0 Å². The van der Waals surface area contributed by atoms with Crippen molar-refractivity contribution in [3.63, 3.8) is 0 Å². The van der Waals surface area contributed by atoms with Crippen molar-refractivity contribution < 1.29 is 4.79 Å². The first kappa shape index (κ1) is 18.2. The van der Waals surface area contributed by atoms with Gasteiger partial charge in [0.1, 0.15) is 11.6 Å². The van der Waals surface area contributed by atoms with Crippen molar-refractivity contribution in [1.82, 2.24) is 14.8 Å². The number of carbonyl (C=O) groups is 1. The number of hydrogen-bond acceptors (Lipinski definition) is 4. The molecule has 1 saturated heterocycles. The summed E-state index contributed by atoms with van der Waals surface area (Å²) >= 11 is 0. The number of amides is 1. The molecule has 1 aromatic rings. The van der Waals surface area contributed by atoms with Gasteiger partial charge in [-0.3, -0.25) is 9.59 Å². The Bertz CT molecular complexity index is 730. The van der Waals surface area contributed by atoms with Crippen LogP contribution in [0.15, 0.2) is 4.79 Å². The maximum atomic E-state index is 12.5. The molecule has 0 radical (unpaired) electrons. The van der Waals surface area contributed by atoms with Crippen LogP contribution in [0.3, 0.4) is 0 Å². The monoisotopic (exact) mass is 330 g/mol. The van der Waals surface area contributed by atoms with E-state index in [0.29, 0.717) is 30.4 Å². The lowest BCUT2D eigenvalue weighted by atomic mass is 9.99. The van der Waals surface area contributed by atoms with Gasteiger partial charge >= 0.3 is 0 Å². The number of nitrogens with one attached hydrogen (secondary N) is 1. The van der Waals surface area contributed by atoms with E-state index in [0.717, 1.165) is 24.3 Å². The Balaban J connectivity index is 2.08. The smallest absolute Gasteiger partial charge is 0.266 e. The Hall–Kier alpha value is -2.13. The summed E-state index contributed by atoms with van der Waals surface area (Å²) < 4.78 is 0. The fourth-order valence-electron chi connectivity index (χ4n) is 3.64. The van der Waals surface area contributed by atoms with Gasteiger partial charge in [0, 0.05) is 31.2 Å². The number of hydrogen-bond donors (Lipinski definition) is 1. The lowest BCUT2D eigenvalue weighted by molar-refractivity contribution is -0.130. The zero-order valence-electron chi connectivity index (χ0n) is 15.1. The Morgan fingerprint density at radius 2 is 2.04 bits per heavy atom. The molecule has 1 aliphatic heterocycles. The highest BCUT2D eigenvalue weighted by Gasteiger charge is 2.33. The fourth-order valence-corrected chi connectivity index (χ4v) is 3.64. The van der Waals surface area contributed by atoms with Crippen LogP contribution >= 0.6 is 0 Å². The highest BCUT2D eigenvalue weighted by Crippen LogP contribution is 2.22. The number of likely N-dealkylation sites (N-methyl/N-ethyl adjacent to an activating group) is 1. The standard InChI is InChI=1S/C18H26N4O2/c1-11-9-22(10-16(11)21(4)5)17(23)7-6-14-12(2)15(8-19)18(24)20-13(14)3/h11,16H,6-7,9-10H2,1-5H3,(H,20,24)/t11-,16-/m1/s1. The van der Waals surface area contributed by atoms with Gasteiger partial charge in [-0.05, 0) is 51.4 Å². The van der Waals surface area contributed by atoms with Gasteiger partial charge in [-0.2, -0.15) is 5.26 Å². The fraction of sp³-hybridized carbons (Fsp3) is 0.611. The third-order valence-electron chi connectivity index (χ3n) is 5.10. The summed E-state index contributed by atoms with van der Waals surface area (Å²) in [4.78, 5) is 31.1. The quantitative estimate of drug-likeness (QED) is 0.900. The molecule has 6 heteroatoms. The van der Waals surface area contributed by atoms with E-state index in [-0.39, 0.29) is 17.0 Å². The number of carbonyl (C=O) groups excluding carboxylic acids is 1. The van der Waals surface area contributed by atoms with E-state index >= 15 is 0 Å². The summed E-state index contributed by atoms with van der Waals surface area (Å²) in [6, 6.07) is 2.35. The van der Waals surface area contributed by atoms with Crippen LogP contribution in [0.25, 0.3) is 0 Å². The topological polar surface area (TPSA) is 80.2 Å². The molecule has 2 heterocycles. The van der Waals surface area contributed by atoms with Gasteiger partial charge < -0.3 is 14.8 Å². The van der Waals surface area contributed by atoms with Crippen molar-refractivity contribution in [2.45, 2.75) is 39.7 Å². The summed E-state index contributed by atoms with van der Waals surface area (Å²) in [5.74, 6) is 0.598. The van der Waals surface area contributed by atoms with Gasteiger partial charge in [0.15, 0.2) is 0 Å². The molecule has 24 heavy (non-hydrogen) atoms. The lowest BCUT2D eigenvalue weighted by Crippen LogP contribution is -2.35. The summed E-state index contributed by atoms with van der Waals surface area (Å²) in [6.45, 7) is 7.32. The normalized spacial score (nSPS) is 20.5. The second-order valence-corrected chi connectivity index (χ2v) is 6.98. The summed E-state index contributed by atoms with van der Waals surface area (Å²) in [6.07, 6.45) is 0.935. The first-order valence-corrected chi connectivity index (χ1v) is 8.32. The molecule has 1 fully saturated rings. The minimum Gasteiger partial charge on any atom is -0.341 e. The highest BCUT2D eigenvalue weighted by molar-refractivity contribution is 5.77. The third kappa shape index (κ3) is 3.51. The molecule has 0 saturated carbocycles. The molecule has 130 valence electrons. The number of aromatic nitrogens is 1. The number of H-pyrrole nitrogens is 1. The van der Waals surface area contributed by atoms with E-state index in [2.05, 4.69) is 16.8 Å². The number of likely N-dealkylation sites (tertiary alicyclic amines) is 1. The molecular weight excluding hydrogens is 304 g/mol. The van der Waals surface area contributed by atoms with Crippen molar-refractivity contribution in [1.29, 1.82) is 5.26 Å². The second-order valence-electron chi connectivity index (χ2n) is 6.98. The molecule has 6 nitrogen and oxygen atoms in total. The number of aryl methyl sites for hydroxylation is 1. The van der Waals surface area contributed by atoms with Crippen LogP contribution in [0.2, 0.25) is 0 Å². The minimum absolute atomic E-state index is 0.134. The van der Waals surface area contributed by atoms with Crippen molar-refractivity contribution in [3.8, 4) is 6.07 Å². The van der Waals surface area contributed by atoms with Gasteiger partial charge in [0.05, 0.1) is 0 Å². The van der Waals surface area contributed by atoms with E-state index in [1.54, 1.807) is 6.92 Å². The van der Waals surface area contributed by atoms with Gasteiger partial charge in [-0.1, -0.05) is 6.92 Å². The molecule has 1 amide bonds. The van der Waals surface area contributed by atoms with E-state index < -0.39 is 0 Å². The molecule has 0 bridgehead atoms. The zero-order valence-corrected chi connectivity index (χ0v) is 15.1. The SMILES string of the molecule is Cc1[nH]c(=O)c(C#N)c(C)c1CCC(=O)N1C[C@@H](C)[C@H](N(C)C)C1. The number of nitrogens with zero attached hydrogens (tertiary/aromatic N) is 3. The van der Waals surface area contributed by atoms with Crippen LogP contribution in [0.4, 0.5) is 0 Å². The molecular formula is C18H26N4O2. The number of nitriles is 1. The molecule has 1 aromatic heterocycles. The van der Waals surface area contributed by atoms with E-state index in [1.807, 2.05) is 32.0 Å². The first-order valence-electron chi connectivity index (χ1n) is 8.32. The summed E-state index contributed by atoms with van der Waals surface area (Å²) in [7, 11) is 4.09. The van der Waals surface area contributed by atoms with Crippen LogP contribution in [0.5, 0.6) is 0 Å². The van der Waals surface area contributed by atoms with Crippen molar-refractivity contribution in [2.75, 3.05) is 27.2 Å². The molecule has 2 atom stereocenters. The van der Waals surface area contributed by atoms with Gasteiger partial charge in [0.25, 0.3) is 5.56 Å². The van der Waals surface area contributed by atoms with E-state index in [1.165, 1.54) is 0 Å². The minimum atomic E-state index is -0.357. The average molecular weight is 330 g/mol. The Labute approximate surface area is 143 Å². The average Bonchev–Trinajstić information content (AvgIpc) is 2.89. The van der Waals surface area contributed by atoms with Crippen molar-refractivity contribution in [3.05, 3.63) is 32.7 Å². The predicted octanol–water partition coefficient (Wildman–Crippen LogP) is 1.20. The molecule has 0 unspecified atom stereocenters. The third-order valence-corrected chi connectivity index (χ3v) is 5.10. The molecule has 0 aromatic carbocycles. The Kier molecular flexibility index (Phi) is 5.45.